The quantitative estimate of drug-likeness (QED) is 0.379. The normalized spacial score (nSPS) is 13.8. The minimum Gasteiger partial charge on any atom is -0.459 e. The lowest BCUT2D eigenvalue weighted by Gasteiger charge is -2.35. The van der Waals surface area contributed by atoms with Crippen LogP contribution >= 0.6 is 0 Å². The lowest BCUT2D eigenvalue weighted by atomic mass is 10.1. The third kappa shape index (κ3) is 4.63. The van der Waals surface area contributed by atoms with Crippen molar-refractivity contribution in [2.24, 2.45) is 0 Å². The second-order valence-electron chi connectivity index (χ2n) is 9.22. The molecule has 1 N–H and O–H groups in total. The van der Waals surface area contributed by atoms with E-state index in [4.69, 9.17) is 9.52 Å². The molecule has 0 saturated carbocycles. The summed E-state index contributed by atoms with van der Waals surface area (Å²) < 4.78 is 7.00. The molecule has 0 bridgehead atoms. The van der Waals surface area contributed by atoms with Gasteiger partial charge < -0.3 is 19.5 Å². The highest BCUT2D eigenvalue weighted by molar-refractivity contribution is 5.91. The van der Waals surface area contributed by atoms with Gasteiger partial charge in [0, 0.05) is 54.9 Å². The van der Waals surface area contributed by atoms with Crippen LogP contribution in [0.1, 0.15) is 21.8 Å². The van der Waals surface area contributed by atoms with Gasteiger partial charge in [0.15, 0.2) is 11.6 Å². The number of amides is 1. The van der Waals surface area contributed by atoms with Gasteiger partial charge in [-0.3, -0.25) is 4.79 Å². The van der Waals surface area contributed by atoms with Crippen molar-refractivity contribution in [3.63, 3.8) is 0 Å². The number of rotatable bonds is 5. The van der Waals surface area contributed by atoms with Crippen LogP contribution in [-0.4, -0.2) is 56.6 Å². The zero-order chi connectivity index (χ0) is 25.4. The fourth-order valence-electron chi connectivity index (χ4n) is 4.53. The number of carbonyl (C=O) groups is 1. The Morgan fingerprint density at radius 2 is 1.68 bits per heavy atom. The van der Waals surface area contributed by atoms with Gasteiger partial charge in [0.05, 0.1) is 6.26 Å². The van der Waals surface area contributed by atoms with Crippen LogP contribution in [0.15, 0.2) is 77.4 Å². The van der Waals surface area contributed by atoms with E-state index in [9.17, 15) is 4.79 Å². The Kier molecular flexibility index (Phi) is 5.80. The predicted molar refractivity (Wildman–Crippen MR) is 142 cm³/mol. The van der Waals surface area contributed by atoms with E-state index in [0.717, 1.165) is 41.5 Å². The summed E-state index contributed by atoms with van der Waals surface area (Å²) in [5.41, 5.74) is 5.06. The molecule has 3 aromatic heterocycles. The highest BCUT2D eigenvalue weighted by Crippen LogP contribution is 2.24. The van der Waals surface area contributed by atoms with E-state index < -0.39 is 0 Å². The summed E-state index contributed by atoms with van der Waals surface area (Å²) in [7, 11) is 0. The van der Waals surface area contributed by atoms with Crippen LogP contribution < -0.4 is 10.2 Å². The molecule has 5 aromatic rings. The van der Waals surface area contributed by atoms with Gasteiger partial charge in [-0.15, -0.1) is 5.10 Å². The molecule has 0 aliphatic carbocycles. The molecule has 9 nitrogen and oxygen atoms in total. The number of piperazine rings is 1. The number of hydrogen-bond donors (Lipinski definition) is 1. The predicted octanol–water partition coefficient (Wildman–Crippen LogP) is 4.71. The van der Waals surface area contributed by atoms with Crippen molar-refractivity contribution in [3.05, 3.63) is 90.0 Å². The minimum atomic E-state index is -0.0539. The summed E-state index contributed by atoms with van der Waals surface area (Å²) in [6.45, 7) is 6.86. The van der Waals surface area contributed by atoms with E-state index in [1.165, 1.54) is 11.8 Å². The SMILES string of the molecule is Cc1ccc(-c2nc3nc(C)cc(Nc4ccc(N5CCN(C(=O)c6ccco6)CC5)cc4)n3n2)cc1. The van der Waals surface area contributed by atoms with E-state index in [1.54, 1.807) is 16.6 Å². The number of furan rings is 1. The van der Waals surface area contributed by atoms with E-state index >= 15 is 0 Å². The minimum absolute atomic E-state index is 0.0539. The molecule has 1 aliphatic rings. The highest BCUT2D eigenvalue weighted by atomic mass is 16.3. The van der Waals surface area contributed by atoms with Crippen molar-refractivity contribution < 1.29 is 9.21 Å². The molecule has 0 unspecified atom stereocenters. The first-order valence-electron chi connectivity index (χ1n) is 12.3. The molecule has 37 heavy (non-hydrogen) atoms. The maximum absolute atomic E-state index is 12.5. The van der Waals surface area contributed by atoms with Crippen LogP contribution in [0, 0.1) is 13.8 Å². The maximum Gasteiger partial charge on any atom is 0.289 e. The summed E-state index contributed by atoms with van der Waals surface area (Å²) in [6, 6.07) is 21.9. The average molecular weight is 494 g/mol. The van der Waals surface area contributed by atoms with Crippen LogP contribution in [0.5, 0.6) is 0 Å². The van der Waals surface area contributed by atoms with Gasteiger partial charge in [-0.05, 0) is 50.2 Å². The summed E-state index contributed by atoms with van der Waals surface area (Å²) in [5, 5.41) is 8.18. The Balaban J connectivity index is 1.16. The summed E-state index contributed by atoms with van der Waals surface area (Å²) in [4.78, 5) is 25.9. The zero-order valence-electron chi connectivity index (χ0n) is 20.8. The van der Waals surface area contributed by atoms with Gasteiger partial charge in [0.1, 0.15) is 5.82 Å². The largest absolute Gasteiger partial charge is 0.459 e. The Hall–Kier alpha value is -4.66. The number of nitrogens with zero attached hydrogens (tertiary/aromatic N) is 6. The molecule has 1 amide bonds. The topological polar surface area (TPSA) is 91.8 Å². The second-order valence-corrected chi connectivity index (χ2v) is 9.22. The van der Waals surface area contributed by atoms with Crippen molar-refractivity contribution >= 4 is 28.9 Å². The van der Waals surface area contributed by atoms with Crippen LogP contribution in [-0.2, 0) is 0 Å². The fraction of sp³-hybridized carbons (Fsp3) is 0.214. The number of nitrogens with one attached hydrogen (secondary N) is 1. The van der Waals surface area contributed by atoms with Crippen LogP contribution in [0.2, 0.25) is 0 Å². The summed E-state index contributed by atoms with van der Waals surface area (Å²) >= 11 is 0. The first kappa shape index (κ1) is 22.8. The molecule has 6 rings (SSSR count). The van der Waals surface area contributed by atoms with Crippen LogP contribution in [0.25, 0.3) is 17.2 Å². The molecule has 4 heterocycles. The number of hydrogen-bond acceptors (Lipinski definition) is 7. The van der Waals surface area contributed by atoms with Gasteiger partial charge in [-0.1, -0.05) is 29.8 Å². The molecule has 186 valence electrons. The van der Waals surface area contributed by atoms with Crippen molar-refractivity contribution in [2.75, 3.05) is 36.4 Å². The van der Waals surface area contributed by atoms with E-state index in [1.807, 2.05) is 30.0 Å². The molecular formula is C28H27N7O2. The van der Waals surface area contributed by atoms with Crippen molar-refractivity contribution in [1.29, 1.82) is 0 Å². The molecule has 1 saturated heterocycles. The second kappa shape index (κ2) is 9.42. The van der Waals surface area contributed by atoms with Gasteiger partial charge in [-0.25, -0.2) is 4.98 Å². The number of benzene rings is 2. The van der Waals surface area contributed by atoms with Crippen molar-refractivity contribution in [1.82, 2.24) is 24.5 Å². The van der Waals surface area contributed by atoms with Gasteiger partial charge >= 0.3 is 0 Å². The average Bonchev–Trinajstić information content (AvgIpc) is 3.60. The van der Waals surface area contributed by atoms with Crippen molar-refractivity contribution in [2.45, 2.75) is 13.8 Å². The number of fused-ring (bicyclic) bond motifs is 1. The molecule has 0 atom stereocenters. The zero-order valence-corrected chi connectivity index (χ0v) is 20.8. The molecule has 2 aromatic carbocycles. The molecule has 9 heteroatoms. The molecule has 1 fully saturated rings. The van der Waals surface area contributed by atoms with E-state index in [2.05, 4.69) is 63.5 Å². The molecule has 1 aliphatic heterocycles. The summed E-state index contributed by atoms with van der Waals surface area (Å²) in [5.74, 6) is 2.33. The number of anilines is 3. The third-order valence-electron chi connectivity index (χ3n) is 6.55. The van der Waals surface area contributed by atoms with Gasteiger partial charge in [-0.2, -0.15) is 9.50 Å². The van der Waals surface area contributed by atoms with Crippen LogP contribution in [0.3, 0.4) is 0 Å². The van der Waals surface area contributed by atoms with E-state index in [0.29, 0.717) is 30.5 Å². The Morgan fingerprint density at radius 3 is 2.38 bits per heavy atom. The van der Waals surface area contributed by atoms with Crippen LogP contribution in [0.4, 0.5) is 17.2 Å². The lowest BCUT2D eigenvalue weighted by Crippen LogP contribution is -2.48. The number of aryl methyl sites for hydroxylation is 2. The lowest BCUT2D eigenvalue weighted by molar-refractivity contribution is 0.0714. The molecule has 0 radical (unpaired) electrons. The van der Waals surface area contributed by atoms with Gasteiger partial charge in [0.25, 0.3) is 11.7 Å². The van der Waals surface area contributed by atoms with E-state index in [-0.39, 0.29) is 5.91 Å². The Morgan fingerprint density at radius 1 is 0.919 bits per heavy atom. The monoisotopic (exact) mass is 493 g/mol. The van der Waals surface area contributed by atoms with Gasteiger partial charge in [0.2, 0.25) is 0 Å². The number of carbonyl (C=O) groups excluding carboxylic acids is 1. The Bertz CT molecular complexity index is 1530. The number of aromatic nitrogens is 4. The molecular weight excluding hydrogens is 466 g/mol. The fourth-order valence-corrected chi connectivity index (χ4v) is 4.53. The highest BCUT2D eigenvalue weighted by Gasteiger charge is 2.23. The Labute approximate surface area is 214 Å². The standard InChI is InChI=1S/C28H27N7O2/c1-19-5-7-21(8-6-19)26-31-28-29-20(2)18-25(35(28)32-26)30-22-9-11-23(12-10-22)33-13-15-34(16-14-33)27(36)24-4-3-17-37-24/h3-12,17-18,30H,13-16H2,1-2H3. The van der Waals surface area contributed by atoms with Crippen molar-refractivity contribution in [3.8, 4) is 11.4 Å². The smallest absolute Gasteiger partial charge is 0.289 e. The first-order valence-corrected chi connectivity index (χ1v) is 12.3. The maximum atomic E-state index is 12.5. The third-order valence-corrected chi connectivity index (χ3v) is 6.55. The summed E-state index contributed by atoms with van der Waals surface area (Å²) in [6.07, 6.45) is 1.53. The molecule has 0 spiro atoms. The first-order chi connectivity index (χ1) is 18.0.